The summed E-state index contributed by atoms with van der Waals surface area (Å²) in [6, 6.07) is 0.801. The van der Waals surface area contributed by atoms with E-state index in [0.717, 1.165) is 24.3 Å². The smallest absolute Gasteiger partial charge is 0.0579 e. The molecule has 1 rings (SSSR count). The van der Waals surface area contributed by atoms with Crippen molar-refractivity contribution in [1.82, 2.24) is 0 Å². The molecule has 0 aliphatic heterocycles. The highest BCUT2D eigenvalue weighted by atomic mass is 14.8. The second-order valence-electron chi connectivity index (χ2n) is 4.29. The maximum Gasteiger partial charge on any atom is 0.0579 e. The third-order valence-electron chi connectivity index (χ3n) is 2.77. The number of allylic oxidation sites excluding steroid dienone is 4. The summed E-state index contributed by atoms with van der Waals surface area (Å²) in [6.45, 7) is 8.58. The molecule has 0 bridgehead atoms. The first-order valence-corrected chi connectivity index (χ1v) is 6.17. The van der Waals surface area contributed by atoms with Gasteiger partial charge in [-0.15, -0.1) is 0 Å². The summed E-state index contributed by atoms with van der Waals surface area (Å²) in [4.78, 5) is 9.15. The monoisotopic (exact) mass is 218 g/mol. The van der Waals surface area contributed by atoms with E-state index in [0.29, 0.717) is 12.1 Å². The van der Waals surface area contributed by atoms with Crippen LogP contribution in [0.25, 0.3) is 0 Å². The maximum atomic E-state index is 4.58. The molecule has 0 saturated heterocycles. The van der Waals surface area contributed by atoms with Gasteiger partial charge in [0.2, 0.25) is 0 Å². The van der Waals surface area contributed by atoms with Crippen LogP contribution in [-0.2, 0) is 0 Å². The molecule has 2 nitrogen and oxygen atoms in total. The minimum Gasteiger partial charge on any atom is -0.282 e. The van der Waals surface area contributed by atoms with E-state index in [1.165, 1.54) is 0 Å². The lowest BCUT2D eigenvalue weighted by Gasteiger charge is -2.08. The highest BCUT2D eigenvalue weighted by molar-refractivity contribution is 6.18. The lowest BCUT2D eigenvalue weighted by atomic mass is 10.1. The highest BCUT2D eigenvalue weighted by Gasteiger charge is 2.02. The fourth-order valence-electron chi connectivity index (χ4n) is 1.32. The number of nitrogens with zero attached hydrogens (tertiary/aromatic N) is 2. The van der Waals surface area contributed by atoms with Crippen LogP contribution in [0.5, 0.6) is 0 Å². The van der Waals surface area contributed by atoms with Crippen LogP contribution in [0.4, 0.5) is 0 Å². The molecule has 1 aliphatic rings. The highest BCUT2D eigenvalue weighted by Crippen LogP contribution is 2.05. The van der Waals surface area contributed by atoms with Crippen LogP contribution >= 0.6 is 0 Å². The Morgan fingerprint density at radius 2 is 1.12 bits per heavy atom. The molecule has 0 radical (unpaired) electrons. The van der Waals surface area contributed by atoms with Crippen LogP contribution < -0.4 is 0 Å². The summed E-state index contributed by atoms with van der Waals surface area (Å²) < 4.78 is 0. The molecule has 88 valence electrons. The van der Waals surface area contributed by atoms with Gasteiger partial charge < -0.3 is 0 Å². The summed E-state index contributed by atoms with van der Waals surface area (Å²) in [5.41, 5.74) is 2.11. The Morgan fingerprint density at radius 1 is 0.812 bits per heavy atom. The van der Waals surface area contributed by atoms with Gasteiger partial charge in [-0.2, -0.15) is 0 Å². The van der Waals surface area contributed by atoms with Crippen LogP contribution in [0.2, 0.25) is 0 Å². The Kier molecular flexibility index (Phi) is 5.17. The van der Waals surface area contributed by atoms with Crippen molar-refractivity contribution < 1.29 is 0 Å². The zero-order chi connectivity index (χ0) is 12.0. The molecular formula is C14H22N2. The Labute approximate surface area is 98.9 Å². The molecule has 0 aromatic rings. The van der Waals surface area contributed by atoms with Crippen molar-refractivity contribution in [2.24, 2.45) is 9.98 Å². The Bertz CT molecular complexity index is 285. The van der Waals surface area contributed by atoms with Gasteiger partial charge in [0, 0.05) is 12.1 Å². The van der Waals surface area contributed by atoms with Gasteiger partial charge in [-0.3, -0.25) is 9.98 Å². The first kappa shape index (κ1) is 12.9. The lowest BCUT2D eigenvalue weighted by molar-refractivity contribution is 0.717. The largest absolute Gasteiger partial charge is 0.282 e. The van der Waals surface area contributed by atoms with Gasteiger partial charge >= 0.3 is 0 Å². The molecule has 2 atom stereocenters. The molecular weight excluding hydrogens is 196 g/mol. The Morgan fingerprint density at radius 3 is 1.38 bits per heavy atom. The topological polar surface area (TPSA) is 24.7 Å². The first-order valence-electron chi connectivity index (χ1n) is 6.17. The summed E-state index contributed by atoms with van der Waals surface area (Å²) >= 11 is 0. The van der Waals surface area contributed by atoms with Crippen LogP contribution in [0, 0.1) is 0 Å². The number of rotatable bonds is 4. The predicted molar refractivity (Wildman–Crippen MR) is 72.7 cm³/mol. The average molecular weight is 218 g/mol. The molecule has 0 fully saturated rings. The molecule has 0 aromatic heterocycles. The van der Waals surface area contributed by atoms with E-state index in [-0.39, 0.29) is 0 Å². The van der Waals surface area contributed by atoms with E-state index < -0.39 is 0 Å². The summed E-state index contributed by atoms with van der Waals surface area (Å²) in [5, 5.41) is 0. The van der Waals surface area contributed by atoms with Crippen molar-refractivity contribution in [3.63, 3.8) is 0 Å². The van der Waals surface area contributed by atoms with Crippen molar-refractivity contribution in [1.29, 1.82) is 0 Å². The Balaban J connectivity index is 2.66. The van der Waals surface area contributed by atoms with Crippen LogP contribution in [0.15, 0.2) is 34.3 Å². The van der Waals surface area contributed by atoms with Crippen LogP contribution in [0.1, 0.15) is 40.5 Å². The molecule has 0 spiro atoms. The van der Waals surface area contributed by atoms with Crippen molar-refractivity contribution >= 4 is 11.4 Å². The molecule has 0 aromatic carbocycles. The molecule has 1 aliphatic carbocycles. The van der Waals surface area contributed by atoms with E-state index in [2.05, 4.69) is 37.7 Å². The van der Waals surface area contributed by atoms with E-state index >= 15 is 0 Å². The zero-order valence-electron chi connectivity index (χ0n) is 10.8. The van der Waals surface area contributed by atoms with E-state index in [4.69, 9.17) is 0 Å². The van der Waals surface area contributed by atoms with Crippen molar-refractivity contribution in [3.05, 3.63) is 24.3 Å². The predicted octanol–water partition coefficient (Wildman–Crippen LogP) is 3.59. The molecule has 0 saturated carbocycles. The lowest BCUT2D eigenvalue weighted by Crippen LogP contribution is -2.07. The molecule has 16 heavy (non-hydrogen) atoms. The third kappa shape index (κ3) is 4.13. The number of hydrogen-bond acceptors (Lipinski definition) is 2. The fraction of sp³-hybridized carbons (Fsp3) is 0.571. The average Bonchev–Trinajstić information content (AvgIpc) is 2.31. The molecule has 2 unspecified atom stereocenters. The summed E-state index contributed by atoms with van der Waals surface area (Å²) in [7, 11) is 0. The second kappa shape index (κ2) is 6.41. The van der Waals surface area contributed by atoms with Gasteiger partial charge in [0.15, 0.2) is 0 Å². The van der Waals surface area contributed by atoms with Gasteiger partial charge in [-0.05, 0) is 51.0 Å². The first-order chi connectivity index (χ1) is 7.65. The summed E-state index contributed by atoms with van der Waals surface area (Å²) in [6.07, 6.45) is 10.4. The van der Waals surface area contributed by atoms with Crippen molar-refractivity contribution in [2.75, 3.05) is 0 Å². The minimum absolute atomic E-state index is 0.400. The van der Waals surface area contributed by atoms with Crippen molar-refractivity contribution in [2.45, 2.75) is 52.6 Å². The van der Waals surface area contributed by atoms with Gasteiger partial charge in [0.1, 0.15) is 0 Å². The normalized spacial score (nSPS) is 18.5. The van der Waals surface area contributed by atoms with E-state index in [9.17, 15) is 0 Å². The van der Waals surface area contributed by atoms with E-state index in [1.54, 1.807) is 0 Å². The van der Waals surface area contributed by atoms with Gasteiger partial charge in [-0.25, -0.2) is 0 Å². The van der Waals surface area contributed by atoms with Gasteiger partial charge in [0.25, 0.3) is 0 Å². The standard InChI is InChI=1S/C14H22N2/c1-5-11(3)15-13-7-9-14(10-8-13)16-12(4)6-2/h7-12H,5-6H2,1-4H3. The molecule has 2 heteroatoms. The van der Waals surface area contributed by atoms with Gasteiger partial charge in [0.05, 0.1) is 11.4 Å². The maximum absolute atomic E-state index is 4.58. The SMILES string of the molecule is CCC(C)N=C1C=CC(=NC(C)CC)C=C1. The summed E-state index contributed by atoms with van der Waals surface area (Å²) in [5.74, 6) is 0. The molecule has 0 heterocycles. The molecule has 0 N–H and O–H groups in total. The number of aliphatic imine (C=N–C) groups is 2. The zero-order valence-corrected chi connectivity index (χ0v) is 10.8. The van der Waals surface area contributed by atoms with Crippen molar-refractivity contribution in [3.8, 4) is 0 Å². The molecule has 0 amide bonds. The number of hydrogen-bond donors (Lipinski definition) is 0. The third-order valence-corrected chi connectivity index (χ3v) is 2.77. The van der Waals surface area contributed by atoms with Crippen LogP contribution in [-0.4, -0.2) is 23.5 Å². The fourth-order valence-corrected chi connectivity index (χ4v) is 1.32. The quantitative estimate of drug-likeness (QED) is 0.644. The van der Waals surface area contributed by atoms with Gasteiger partial charge in [-0.1, -0.05) is 13.8 Å². The van der Waals surface area contributed by atoms with E-state index in [1.807, 2.05) is 24.3 Å². The Hall–Kier alpha value is -1.18. The van der Waals surface area contributed by atoms with Crippen LogP contribution in [0.3, 0.4) is 0 Å². The minimum atomic E-state index is 0.400. The second-order valence-corrected chi connectivity index (χ2v) is 4.29.